The molecule has 1 saturated carbocycles. The minimum atomic E-state index is -3.59. The molecule has 0 aromatic heterocycles. The maximum Gasteiger partial charge on any atom is 0.307 e. The van der Waals surface area contributed by atoms with Crippen LogP contribution in [0.5, 0.6) is 0 Å². The van der Waals surface area contributed by atoms with Crippen molar-refractivity contribution in [3.63, 3.8) is 0 Å². The Morgan fingerprint density at radius 2 is 2.04 bits per heavy atom. The van der Waals surface area contributed by atoms with Crippen molar-refractivity contribution >= 4 is 37.6 Å². The lowest BCUT2D eigenvalue weighted by molar-refractivity contribution is -0.144. The van der Waals surface area contributed by atoms with Crippen molar-refractivity contribution in [2.24, 2.45) is 5.92 Å². The molecule has 1 aliphatic rings. The second kappa shape index (κ2) is 9.50. The molecule has 26 heavy (non-hydrogen) atoms. The fraction of sp³-hybridized carbons (Fsp3) is 0.556. The summed E-state index contributed by atoms with van der Waals surface area (Å²) in [6.45, 7) is 2.71. The Morgan fingerprint density at radius 3 is 2.65 bits per heavy atom. The Kier molecular flexibility index (Phi) is 7.64. The Bertz CT molecular complexity index is 746. The van der Waals surface area contributed by atoms with Gasteiger partial charge in [-0.05, 0) is 43.4 Å². The molecule has 1 aliphatic carbocycles. The monoisotopic (exact) mass is 445 g/mol. The molecular weight excluding hydrogens is 422 g/mol. The van der Waals surface area contributed by atoms with Gasteiger partial charge in [-0.25, -0.2) is 8.42 Å². The molecule has 6 nitrogen and oxygen atoms in total. The number of halogens is 1. The summed E-state index contributed by atoms with van der Waals surface area (Å²) in [6, 6.07) is 7.02. The van der Waals surface area contributed by atoms with Crippen LogP contribution in [0.2, 0.25) is 0 Å². The lowest BCUT2D eigenvalue weighted by atomic mass is 10.2. The average molecular weight is 446 g/mol. The maximum absolute atomic E-state index is 12.5. The molecule has 1 aromatic rings. The Labute approximate surface area is 162 Å². The molecule has 0 heterocycles. The van der Waals surface area contributed by atoms with Gasteiger partial charge in [-0.1, -0.05) is 28.1 Å². The first kappa shape index (κ1) is 20.9. The summed E-state index contributed by atoms with van der Waals surface area (Å²) < 4.78 is 30.5. The van der Waals surface area contributed by atoms with Crippen LogP contribution in [-0.4, -0.2) is 50.6 Å². The van der Waals surface area contributed by atoms with E-state index in [1.54, 1.807) is 25.1 Å². The minimum Gasteiger partial charge on any atom is -0.466 e. The van der Waals surface area contributed by atoms with Gasteiger partial charge in [0.15, 0.2) is 9.84 Å². The van der Waals surface area contributed by atoms with Crippen molar-refractivity contribution < 1.29 is 22.7 Å². The highest BCUT2D eigenvalue weighted by atomic mass is 79.9. The number of carbonyl (C=O) groups excluding carboxylic acids is 2. The van der Waals surface area contributed by atoms with Gasteiger partial charge in [0, 0.05) is 17.6 Å². The second-order valence-corrected chi connectivity index (χ2v) is 9.48. The van der Waals surface area contributed by atoms with Crippen molar-refractivity contribution in [2.45, 2.75) is 31.9 Å². The Balaban J connectivity index is 1.96. The third-order valence-corrected chi connectivity index (χ3v) is 5.99. The summed E-state index contributed by atoms with van der Waals surface area (Å²) in [7, 11) is -3.59. The molecule has 0 aliphatic heterocycles. The zero-order valence-corrected chi connectivity index (χ0v) is 17.2. The van der Waals surface area contributed by atoms with Gasteiger partial charge in [0.05, 0.1) is 18.8 Å². The molecule has 2 rings (SSSR count). The average Bonchev–Trinajstić information content (AvgIpc) is 3.34. The normalized spacial score (nSPS) is 14.1. The van der Waals surface area contributed by atoms with Crippen molar-refractivity contribution in [3.8, 4) is 0 Å². The first-order valence-electron chi connectivity index (χ1n) is 8.67. The van der Waals surface area contributed by atoms with Crippen LogP contribution in [0, 0.1) is 5.92 Å². The van der Waals surface area contributed by atoms with Gasteiger partial charge in [0.2, 0.25) is 5.91 Å². The molecule has 1 amide bonds. The summed E-state index contributed by atoms with van der Waals surface area (Å²) in [5.41, 5.74) is 0.632. The summed E-state index contributed by atoms with van der Waals surface area (Å²) >= 11 is 3.31. The third-order valence-electron chi connectivity index (χ3n) is 4.04. The van der Waals surface area contributed by atoms with Gasteiger partial charge < -0.3 is 9.64 Å². The number of hydrogen-bond acceptors (Lipinski definition) is 5. The van der Waals surface area contributed by atoms with E-state index in [1.165, 1.54) is 4.90 Å². The molecule has 0 bridgehead atoms. The highest BCUT2D eigenvalue weighted by molar-refractivity contribution is 9.10. The molecule has 0 N–H and O–H groups in total. The van der Waals surface area contributed by atoms with Crippen molar-refractivity contribution in [2.75, 3.05) is 25.4 Å². The van der Waals surface area contributed by atoms with Crippen molar-refractivity contribution in [1.82, 2.24) is 4.90 Å². The molecule has 0 atom stereocenters. The fourth-order valence-corrected chi connectivity index (χ4v) is 4.40. The van der Waals surface area contributed by atoms with Crippen LogP contribution >= 0.6 is 15.9 Å². The highest BCUT2D eigenvalue weighted by Gasteiger charge is 2.29. The molecule has 0 spiro atoms. The van der Waals surface area contributed by atoms with Crippen molar-refractivity contribution in [1.29, 1.82) is 0 Å². The second-order valence-electron chi connectivity index (χ2n) is 6.50. The summed E-state index contributed by atoms with van der Waals surface area (Å²) in [4.78, 5) is 25.6. The zero-order chi connectivity index (χ0) is 19.2. The van der Waals surface area contributed by atoms with E-state index in [1.807, 2.05) is 6.07 Å². The lowest BCUT2D eigenvalue weighted by Crippen LogP contribution is -2.39. The summed E-state index contributed by atoms with van der Waals surface area (Å²) in [5.74, 6) is -1.15. The molecule has 0 saturated heterocycles. The SMILES string of the molecule is CCOC(=O)CCN(CC1CC1)C(=O)CS(=O)(=O)Cc1cccc(Br)c1. The molecule has 144 valence electrons. The number of hydrogen-bond donors (Lipinski definition) is 0. The highest BCUT2D eigenvalue weighted by Crippen LogP contribution is 2.30. The first-order valence-corrected chi connectivity index (χ1v) is 11.3. The zero-order valence-electron chi connectivity index (χ0n) is 14.8. The minimum absolute atomic E-state index is 0.0813. The summed E-state index contributed by atoms with van der Waals surface area (Å²) in [6.07, 6.45) is 2.15. The van der Waals surface area contributed by atoms with Crippen LogP contribution in [0.25, 0.3) is 0 Å². The van der Waals surface area contributed by atoms with Crippen LogP contribution in [-0.2, 0) is 29.9 Å². The number of rotatable bonds is 10. The largest absolute Gasteiger partial charge is 0.466 e. The number of amides is 1. The molecule has 1 fully saturated rings. The van der Waals surface area contributed by atoms with E-state index in [0.717, 1.165) is 17.3 Å². The quantitative estimate of drug-likeness (QED) is 0.516. The maximum atomic E-state index is 12.5. The Morgan fingerprint density at radius 1 is 1.31 bits per heavy atom. The smallest absolute Gasteiger partial charge is 0.307 e. The van der Waals surface area contributed by atoms with Crippen LogP contribution in [0.1, 0.15) is 31.7 Å². The van der Waals surface area contributed by atoms with E-state index >= 15 is 0 Å². The number of sulfone groups is 1. The Hall–Kier alpha value is -1.41. The van der Waals surface area contributed by atoms with Gasteiger partial charge in [0.25, 0.3) is 0 Å². The molecule has 0 unspecified atom stereocenters. The van der Waals surface area contributed by atoms with E-state index in [9.17, 15) is 18.0 Å². The molecule has 1 aromatic carbocycles. The van der Waals surface area contributed by atoms with Gasteiger partial charge in [-0.2, -0.15) is 0 Å². The van der Waals surface area contributed by atoms with Crippen LogP contribution < -0.4 is 0 Å². The van der Waals surface area contributed by atoms with E-state index in [4.69, 9.17) is 4.74 Å². The fourth-order valence-electron chi connectivity index (χ4n) is 2.60. The predicted octanol–water partition coefficient (Wildman–Crippen LogP) is 2.56. The molecular formula is C18H24BrNO5S. The number of carbonyl (C=O) groups is 2. The lowest BCUT2D eigenvalue weighted by Gasteiger charge is -2.22. The van der Waals surface area contributed by atoms with E-state index < -0.39 is 21.5 Å². The number of esters is 1. The van der Waals surface area contributed by atoms with E-state index in [-0.39, 0.29) is 31.3 Å². The first-order chi connectivity index (χ1) is 12.3. The molecule has 8 heteroatoms. The summed E-state index contributed by atoms with van der Waals surface area (Å²) in [5, 5.41) is 0. The standard InChI is InChI=1S/C18H24BrNO5S/c1-2-25-18(22)8-9-20(11-14-6-7-14)17(21)13-26(23,24)12-15-4-3-5-16(19)10-15/h3-5,10,14H,2,6-9,11-13H2,1H3. The third kappa shape index (κ3) is 7.45. The van der Waals surface area contributed by atoms with E-state index in [2.05, 4.69) is 15.9 Å². The number of nitrogens with zero attached hydrogens (tertiary/aromatic N) is 1. The van der Waals surface area contributed by atoms with Crippen LogP contribution in [0.15, 0.2) is 28.7 Å². The van der Waals surface area contributed by atoms with Gasteiger partial charge in [-0.3, -0.25) is 9.59 Å². The van der Waals surface area contributed by atoms with Crippen LogP contribution in [0.3, 0.4) is 0 Å². The predicted molar refractivity (Wildman–Crippen MR) is 102 cm³/mol. The van der Waals surface area contributed by atoms with Gasteiger partial charge in [0.1, 0.15) is 5.75 Å². The van der Waals surface area contributed by atoms with E-state index in [0.29, 0.717) is 18.0 Å². The van der Waals surface area contributed by atoms with Gasteiger partial charge in [-0.15, -0.1) is 0 Å². The van der Waals surface area contributed by atoms with Crippen LogP contribution in [0.4, 0.5) is 0 Å². The van der Waals surface area contributed by atoms with Gasteiger partial charge >= 0.3 is 5.97 Å². The number of ether oxygens (including phenoxy) is 1. The number of benzene rings is 1. The van der Waals surface area contributed by atoms with Crippen molar-refractivity contribution in [3.05, 3.63) is 34.3 Å². The topological polar surface area (TPSA) is 80.8 Å². The molecule has 0 radical (unpaired) electrons.